The van der Waals surface area contributed by atoms with Crippen LogP contribution in [0.4, 0.5) is 0 Å². The minimum atomic E-state index is -0.835. The molecular formula is C15H13N3O2. The molecule has 0 amide bonds. The van der Waals surface area contributed by atoms with Crippen LogP contribution in [0.25, 0.3) is 10.9 Å². The van der Waals surface area contributed by atoms with Crippen LogP contribution in [0.2, 0.25) is 0 Å². The first kappa shape index (κ1) is 12.5. The van der Waals surface area contributed by atoms with Gasteiger partial charge in [0.2, 0.25) is 5.88 Å². The summed E-state index contributed by atoms with van der Waals surface area (Å²) in [7, 11) is 1.53. The average molecular weight is 267 g/mol. The number of aromatic nitrogens is 3. The van der Waals surface area contributed by atoms with Crippen molar-refractivity contribution in [3.8, 4) is 5.88 Å². The molecule has 0 saturated carbocycles. The Morgan fingerprint density at radius 2 is 2.00 bits per heavy atom. The van der Waals surface area contributed by atoms with Crippen molar-refractivity contribution in [1.82, 2.24) is 15.0 Å². The Morgan fingerprint density at radius 1 is 1.10 bits per heavy atom. The highest BCUT2D eigenvalue weighted by atomic mass is 16.5. The Balaban J connectivity index is 2.00. The van der Waals surface area contributed by atoms with Crippen molar-refractivity contribution in [2.45, 2.75) is 6.10 Å². The molecule has 3 aromatic rings. The maximum atomic E-state index is 10.4. The van der Waals surface area contributed by atoms with Gasteiger partial charge in [0.05, 0.1) is 18.3 Å². The van der Waals surface area contributed by atoms with Gasteiger partial charge < -0.3 is 9.84 Å². The van der Waals surface area contributed by atoms with Gasteiger partial charge in [-0.3, -0.25) is 4.98 Å². The summed E-state index contributed by atoms with van der Waals surface area (Å²) >= 11 is 0. The van der Waals surface area contributed by atoms with E-state index in [1.165, 1.54) is 13.4 Å². The first-order valence-corrected chi connectivity index (χ1v) is 6.16. The molecule has 0 aliphatic carbocycles. The molecular weight excluding hydrogens is 254 g/mol. The number of nitrogens with zero attached hydrogens (tertiary/aromatic N) is 3. The molecule has 20 heavy (non-hydrogen) atoms. The van der Waals surface area contributed by atoms with Crippen molar-refractivity contribution < 1.29 is 9.84 Å². The van der Waals surface area contributed by atoms with Gasteiger partial charge in [0.15, 0.2) is 0 Å². The average Bonchev–Trinajstić information content (AvgIpc) is 2.53. The zero-order valence-corrected chi connectivity index (χ0v) is 10.9. The number of ether oxygens (including phenoxy) is 1. The molecule has 1 unspecified atom stereocenters. The highest BCUT2D eigenvalue weighted by Crippen LogP contribution is 2.24. The summed E-state index contributed by atoms with van der Waals surface area (Å²) in [4.78, 5) is 12.3. The van der Waals surface area contributed by atoms with Crippen molar-refractivity contribution in [3.63, 3.8) is 0 Å². The van der Waals surface area contributed by atoms with Crippen molar-refractivity contribution in [1.29, 1.82) is 0 Å². The quantitative estimate of drug-likeness (QED) is 0.787. The number of pyridine rings is 1. The molecule has 0 radical (unpaired) electrons. The lowest BCUT2D eigenvalue weighted by Crippen LogP contribution is -2.03. The fourth-order valence-electron chi connectivity index (χ4n) is 2.04. The van der Waals surface area contributed by atoms with Gasteiger partial charge in [-0.15, -0.1) is 0 Å². The molecule has 2 aromatic heterocycles. The van der Waals surface area contributed by atoms with Gasteiger partial charge in [-0.1, -0.05) is 18.2 Å². The second-order valence-electron chi connectivity index (χ2n) is 4.34. The Morgan fingerprint density at radius 3 is 2.85 bits per heavy atom. The smallest absolute Gasteiger partial charge is 0.216 e. The second-order valence-corrected chi connectivity index (χ2v) is 4.34. The van der Waals surface area contributed by atoms with Gasteiger partial charge >= 0.3 is 0 Å². The highest BCUT2D eigenvalue weighted by Gasteiger charge is 2.13. The Labute approximate surface area is 115 Å². The first-order chi connectivity index (χ1) is 9.78. The van der Waals surface area contributed by atoms with Gasteiger partial charge in [0.1, 0.15) is 12.4 Å². The van der Waals surface area contributed by atoms with Crippen LogP contribution in [0.15, 0.2) is 48.9 Å². The van der Waals surface area contributed by atoms with E-state index in [1.807, 2.05) is 30.3 Å². The molecule has 1 aromatic carbocycles. The molecule has 5 heteroatoms. The second kappa shape index (κ2) is 5.22. The summed E-state index contributed by atoms with van der Waals surface area (Å²) in [5.41, 5.74) is 2.06. The largest absolute Gasteiger partial charge is 0.481 e. The number of rotatable bonds is 3. The molecule has 0 fully saturated rings. The SMILES string of the molecule is COc1cc(C(O)c2ccc3cccnc3c2)ncn1. The number of aliphatic hydroxyl groups is 1. The number of methoxy groups -OCH3 is 1. The lowest BCUT2D eigenvalue weighted by Gasteiger charge is -2.11. The van der Waals surface area contributed by atoms with Gasteiger partial charge in [-0.2, -0.15) is 0 Å². The molecule has 0 aliphatic heterocycles. The normalized spacial score (nSPS) is 12.3. The predicted octanol–water partition coefficient (Wildman–Crippen LogP) is 2.12. The maximum Gasteiger partial charge on any atom is 0.216 e. The van der Waals surface area contributed by atoms with Gasteiger partial charge in [-0.05, 0) is 17.7 Å². The minimum absolute atomic E-state index is 0.424. The summed E-state index contributed by atoms with van der Waals surface area (Å²) in [6.45, 7) is 0. The zero-order chi connectivity index (χ0) is 13.9. The van der Waals surface area contributed by atoms with E-state index in [9.17, 15) is 5.11 Å². The molecule has 5 nitrogen and oxygen atoms in total. The molecule has 3 rings (SSSR count). The van der Waals surface area contributed by atoms with Gasteiger partial charge in [-0.25, -0.2) is 9.97 Å². The van der Waals surface area contributed by atoms with Crippen LogP contribution in [0.3, 0.4) is 0 Å². The van der Waals surface area contributed by atoms with Crippen molar-refractivity contribution in [2.75, 3.05) is 7.11 Å². The number of benzene rings is 1. The fourth-order valence-corrected chi connectivity index (χ4v) is 2.04. The van der Waals surface area contributed by atoms with E-state index >= 15 is 0 Å². The number of fused-ring (bicyclic) bond motifs is 1. The van der Waals surface area contributed by atoms with Crippen LogP contribution < -0.4 is 4.74 Å². The van der Waals surface area contributed by atoms with Gasteiger partial charge in [0, 0.05) is 17.6 Å². The fraction of sp³-hybridized carbons (Fsp3) is 0.133. The van der Waals surface area contributed by atoms with E-state index in [1.54, 1.807) is 12.3 Å². The lowest BCUT2D eigenvalue weighted by molar-refractivity contribution is 0.214. The molecule has 100 valence electrons. The number of hydrogen-bond acceptors (Lipinski definition) is 5. The monoisotopic (exact) mass is 267 g/mol. The van der Waals surface area contributed by atoms with Gasteiger partial charge in [0.25, 0.3) is 0 Å². The third kappa shape index (κ3) is 2.31. The van der Waals surface area contributed by atoms with E-state index < -0.39 is 6.10 Å². The lowest BCUT2D eigenvalue weighted by atomic mass is 10.0. The number of hydrogen-bond donors (Lipinski definition) is 1. The third-order valence-corrected chi connectivity index (χ3v) is 3.10. The van der Waals surface area contributed by atoms with Crippen LogP contribution in [0, 0.1) is 0 Å². The molecule has 2 heterocycles. The van der Waals surface area contributed by atoms with Crippen LogP contribution in [0.1, 0.15) is 17.4 Å². The summed E-state index contributed by atoms with van der Waals surface area (Å²) in [5.74, 6) is 0.424. The van der Waals surface area contributed by atoms with Crippen LogP contribution in [0.5, 0.6) is 5.88 Å². The molecule has 0 spiro atoms. The molecule has 0 saturated heterocycles. The summed E-state index contributed by atoms with van der Waals surface area (Å²) in [5, 5.41) is 11.4. The zero-order valence-electron chi connectivity index (χ0n) is 10.9. The molecule has 1 N–H and O–H groups in total. The Hall–Kier alpha value is -2.53. The third-order valence-electron chi connectivity index (χ3n) is 3.10. The standard InChI is InChI=1S/C15H13N3O2/c1-20-14-8-13(17-9-18-14)15(19)11-5-4-10-3-2-6-16-12(10)7-11/h2-9,15,19H,1H3. The highest BCUT2D eigenvalue weighted by molar-refractivity contribution is 5.79. The van der Waals surface area contributed by atoms with E-state index in [2.05, 4.69) is 15.0 Å². The summed E-state index contributed by atoms with van der Waals surface area (Å²) in [6, 6.07) is 11.1. The van der Waals surface area contributed by atoms with E-state index in [4.69, 9.17) is 4.74 Å². The molecule has 0 aliphatic rings. The van der Waals surface area contributed by atoms with Crippen LogP contribution >= 0.6 is 0 Å². The maximum absolute atomic E-state index is 10.4. The minimum Gasteiger partial charge on any atom is -0.481 e. The Kier molecular flexibility index (Phi) is 3.26. The summed E-state index contributed by atoms with van der Waals surface area (Å²) < 4.78 is 5.04. The Bertz CT molecular complexity index is 746. The molecule has 0 bridgehead atoms. The van der Waals surface area contributed by atoms with E-state index in [-0.39, 0.29) is 0 Å². The first-order valence-electron chi connectivity index (χ1n) is 6.16. The van der Waals surface area contributed by atoms with Crippen molar-refractivity contribution >= 4 is 10.9 Å². The van der Waals surface area contributed by atoms with E-state index in [0.717, 1.165) is 16.5 Å². The topological polar surface area (TPSA) is 68.1 Å². The van der Waals surface area contributed by atoms with E-state index in [0.29, 0.717) is 11.6 Å². The van der Waals surface area contributed by atoms with Crippen molar-refractivity contribution in [3.05, 3.63) is 60.2 Å². The summed E-state index contributed by atoms with van der Waals surface area (Å²) in [6.07, 6.45) is 2.27. The van der Waals surface area contributed by atoms with Crippen LogP contribution in [-0.4, -0.2) is 27.2 Å². The predicted molar refractivity (Wildman–Crippen MR) is 74.4 cm³/mol. The van der Waals surface area contributed by atoms with Crippen molar-refractivity contribution in [2.24, 2.45) is 0 Å². The van der Waals surface area contributed by atoms with Crippen LogP contribution in [-0.2, 0) is 0 Å². The molecule has 1 atom stereocenters. The number of aliphatic hydroxyl groups excluding tert-OH is 1.